The van der Waals surface area contributed by atoms with Gasteiger partial charge in [0.2, 0.25) is 0 Å². The van der Waals surface area contributed by atoms with Gasteiger partial charge in [-0.05, 0) is 17.2 Å². The van der Waals surface area contributed by atoms with Crippen LogP contribution in [0.4, 0.5) is 0 Å². The van der Waals surface area contributed by atoms with Gasteiger partial charge in [0.05, 0.1) is 5.69 Å². The molecule has 1 heterocycles. The smallest absolute Gasteiger partial charge is 0.283 e. The van der Waals surface area contributed by atoms with Gasteiger partial charge in [-0.25, -0.2) is 0 Å². The largest absolute Gasteiger partial charge is 0.425 e. The van der Waals surface area contributed by atoms with Crippen LogP contribution in [0.2, 0.25) is 0 Å². The topological polar surface area (TPSA) is 42.2 Å². The maximum Gasteiger partial charge on any atom is 0.283 e. The molecule has 2 aromatic carbocycles. The fourth-order valence-corrected chi connectivity index (χ4v) is 2.17. The van der Waals surface area contributed by atoms with E-state index in [0.717, 1.165) is 16.7 Å². The molecule has 0 unspecified atom stereocenters. The van der Waals surface area contributed by atoms with Crippen molar-refractivity contribution in [2.24, 2.45) is 0 Å². The van der Waals surface area contributed by atoms with E-state index in [-0.39, 0.29) is 29.6 Å². The third-order valence-corrected chi connectivity index (χ3v) is 3.18. The molecule has 21 heavy (non-hydrogen) atoms. The zero-order valence-electron chi connectivity index (χ0n) is 11.7. The van der Waals surface area contributed by atoms with Crippen LogP contribution in [0.15, 0.2) is 77.6 Å². The molecule has 4 heteroatoms. The van der Waals surface area contributed by atoms with Crippen LogP contribution in [-0.4, -0.2) is 39.5 Å². The quantitative estimate of drug-likeness (QED) is 0.581. The maximum absolute atomic E-state index is 11.9. The van der Waals surface area contributed by atoms with Crippen molar-refractivity contribution in [2.75, 3.05) is 0 Å². The Labute approximate surface area is 144 Å². The van der Waals surface area contributed by atoms with E-state index in [9.17, 15) is 10.0 Å². The number of rotatable bonds is 2. The molecule has 99 valence electrons. The third kappa shape index (κ3) is 3.27. The molecule has 0 saturated heterocycles. The molecule has 0 aliphatic rings. The molecule has 0 bridgehead atoms. The summed E-state index contributed by atoms with van der Waals surface area (Å²) in [4.78, 5) is 11.9. The van der Waals surface area contributed by atoms with Crippen molar-refractivity contribution in [3.05, 3.63) is 83.2 Å². The Morgan fingerprint density at radius 2 is 1.24 bits per heavy atom. The van der Waals surface area contributed by atoms with Crippen LogP contribution in [0, 0.1) is 0 Å². The Balaban J connectivity index is 0.00000161. The summed E-state index contributed by atoms with van der Waals surface area (Å²) in [5, 5.41) is 9.93. The normalized spacial score (nSPS) is 9.90. The van der Waals surface area contributed by atoms with Crippen LogP contribution < -0.4 is 5.56 Å². The van der Waals surface area contributed by atoms with Gasteiger partial charge in [-0.15, -0.1) is 4.73 Å². The zero-order valence-corrected chi connectivity index (χ0v) is 13.7. The summed E-state index contributed by atoms with van der Waals surface area (Å²) in [6, 6.07) is 22.2. The number of hydrogen-bond donors (Lipinski definition) is 1. The fraction of sp³-hybridized carbons (Fsp3) is 0. The van der Waals surface area contributed by atoms with Crippen LogP contribution in [-0.2, 0) is 0 Å². The minimum absolute atomic E-state index is 0. The van der Waals surface area contributed by atoms with E-state index in [1.165, 1.54) is 6.07 Å². The molecule has 1 aromatic heterocycles. The first-order valence-corrected chi connectivity index (χ1v) is 6.33. The average Bonchev–Trinajstić information content (AvgIpc) is 2.51. The number of aromatic nitrogens is 1. The fourth-order valence-electron chi connectivity index (χ4n) is 2.17. The van der Waals surface area contributed by atoms with Crippen molar-refractivity contribution in [3.8, 4) is 22.4 Å². The van der Waals surface area contributed by atoms with Crippen LogP contribution >= 0.6 is 0 Å². The van der Waals surface area contributed by atoms with Crippen molar-refractivity contribution in [2.45, 2.75) is 0 Å². The number of benzene rings is 2. The van der Waals surface area contributed by atoms with Gasteiger partial charge in [0.1, 0.15) is 0 Å². The Hall–Kier alpha value is -1.81. The summed E-state index contributed by atoms with van der Waals surface area (Å²) in [5.41, 5.74) is 2.58. The first-order valence-electron chi connectivity index (χ1n) is 6.33. The van der Waals surface area contributed by atoms with Crippen molar-refractivity contribution < 1.29 is 5.21 Å². The molecule has 3 aromatic rings. The Morgan fingerprint density at radius 3 is 1.81 bits per heavy atom. The molecule has 1 radical (unpaired) electrons. The van der Waals surface area contributed by atoms with Gasteiger partial charge in [-0.3, -0.25) is 4.79 Å². The summed E-state index contributed by atoms with van der Waals surface area (Å²) >= 11 is 0. The van der Waals surface area contributed by atoms with Gasteiger partial charge in [-0.1, -0.05) is 60.7 Å². The predicted molar refractivity (Wildman–Crippen MR) is 84.5 cm³/mol. The van der Waals surface area contributed by atoms with E-state index in [2.05, 4.69) is 0 Å². The van der Waals surface area contributed by atoms with Gasteiger partial charge in [0, 0.05) is 41.2 Å². The monoisotopic (exact) mass is 286 g/mol. The molecule has 0 aliphatic heterocycles. The molecule has 0 aliphatic carbocycles. The van der Waals surface area contributed by atoms with Crippen molar-refractivity contribution in [1.29, 1.82) is 0 Å². The van der Waals surface area contributed by atoms with Gasteiger partial charge in [0.25, 0.3) is 5.56 Å². The van der Waals surface area contributed by atoms with Crippen LogP contribution in [0.25, 0.3) is 22.4 Å². The number of nitrogens with zero attached hydrogens (tertiary/aromatic N) is 1. The zero-order chi connectivity index (χ0) is 13.9. The molecule has 0 saturated carbocycles. The number of hydrogen-bond acceptors (Lipinski definition) is 2. The minimum Gasteiger partial charge on any atom is -0.425 e. The molecule has 0 fully saturated rings. The van der Waals surface area contributed by atoms with Gasteiger partial charge >= 0.3 is 0 Å². The van der Waals surface area contributed by atoms with Crippen LogP contribution in [0.1, 0.15) is 0 Å². The van der Waals surface area contributed by atoms with Gasteiger partial charge in [0.15, 0.2) is 0 Å². The first-order chi connectivity index (χ1) is 9.75. The second kappa shape index (κ2) is 6.76. The van der Waals surface area contributed by atoms with E-state index >= 15 is 0 Å². The Kier molecular flexibility index (Phi) is 5.02. The first kappa shape index (κ1) is 15.6. The van der Waals surface area contributed by atoms with Crippen molar-refractivity contribution in [1.82, 2.24) is 4.73 Å². The maximum atomic E-state index is 11.9. The standard InChI is InChI=1S/C17H13NO2.Na/c19-17-12-15(13-7-3-1-4-8-13)11-16(18(17)20)14-9-5-2-6-10-14;/h1-12,20H;. The third-order valence-electron chi connectivity index (χ3n) is 3.18. The molecule has 0 amide bonds. The molecule has 0 atom stereocenters. The second-order valence-corrected chi connectivity index (χ2v) is 4.51. The van der Waals surface area contributed by atoms with Crippen LogP contribution in [0.3, 0.4) is 0 Å². The molecule has 3 rings (SSSR count). The summed E-state index contributed by atoms with van der Waals surface area (Å²) in [7, 11) is 0. The molecule has 0 spiro atoms. The number of pyridine rings is 1. The minimum atomic E-state index is -0.440. The van der Waals surface area contributed by atoms with Crippen molar-refractivity contribution >= 4 is 29.6 Å². The van der Waals surface area contributed by atoms with E-state index in [1.54, 1.807) is 0 Å². The predicted octanol–water partition coefficient (Wildman–Crippen LogP) is 3.04. The Bertz CT molecular complexity index is 783. The second-order valence-electron chi connectivity index (χ2n) is 4.51. The van der Waals surface area contributed by atoms with E-state index in [1.807, 2.05) is 66.7 Å². The van der Waals surface area contributed by atoms with Gasteiger partial charge < -0.3 is 5.21 Å². The van der Waals surface area contributed by atoms with E-state index < -0.39 is 5.56 Å². The molecule has 1 N–H and O–H groups in total. The summed E-state index contributed by atoms with van der Waals surface area (Å²) in [6.07, 6.45) is 0. The molecule has 3 nitrogen and oxygen atoms in total. The molecular formula is C17H13NNaO2. The van der Waals surface area contributed by atoms with E-state index in [4.69, 9.17) is 0 Å². The van der Waals surface area contributed by atoms with Gasteiger partial charge in [-0.2, -0.15) is 0 Å². The van der Waals surface area contributed by atoms with E-state index in [0.29, 0.717) is 10.4 Å². The Morgan fingerprint density at radius 1 is 0.714 bits per heavy atom. The van der Waals surface area contributed by atoms with Crippen molar-refractivity contribution in [3.63, 3.8) is 0 Å². The summed E-state index contributed by atoms with van der Waals surface area (Å²) in [6.45, 7) is 0. The van der Waals surface area contributed by atoms with Crippen LogP contribution in [0.5, 0.6) is 0 Å². The molecular weight excluding hydrogens is 273 g/mol. The summed E-state index contributed by atoms with van der Waals surface area (Å²) in [5.74, 6) is 0. The summed E-state index contributed by atoms with van der Waals surface area (Å²) < 4.78 is 0.682. The SMILES string of the molecule is O=c1cc(-c2ccccc2)cc(-c2ccccc2)n1O.[Na]. The average molecular weight is 286 g/mol.